The lowest BCUT2D eigenvalue weighted by molar-refractivity contribution is -0.167. The molecule has 0 bridgehead atoms. The van der Waals surface area contributed by atoms with E-state index in [-0.39, 0.29) is 31.1 Å². The van der Waals surface area contributed by atoms with Gasteiger partial charge in [0, 0.05) is 19.3 Å². The monoisotopic (exact) mass is 843 g/mol. The molecule has 0 aromatic carbocycles. The van der Waals surface area contributed by atoms with Crippen LogP contribution in [0.3, 0.4) is 0 Å². The second kappa shape index (κ2) is 49.3. The van der Waals surface area contributed by atoms with Crippen molar-refractivity contribution < 1.29 is 28.6 Å². The van der Waals surface area contributed by atoms with Gasteiger partial charge in [-0.3, -0.25) is 14.4 Å². The minimum Gasteiger partial charge on any atom is -0.462 e. The number of carbonyl (C=O) groups is 3. The smallest absolute Gasteiger partial charge is 0.306 e. The van der Waals surface area contributed by atoms with Crippen molar-refractivity contribution >= 4 is 17.9 Å². The molecule has 0 aliphatic heterocycles. The molecule has 0 fully saturated rings. The van der Waals surface area contributed by atoms with E-state index in [0.29, 0.717) is 19.3 Å². The van der Waals surface area contributed by atoms with Crippen LogP contribution in [0.2, 0.25) is 0 Å². The topological polar surface area (TPSA) is 78.9 Å². The van der Waals surface area contributed by atoms with Gasteiger partial charge in [-0.15, -0.1) is 0 Å². The fraction of sp³-hybridized carbons (Fsp3) is 0.833. The zero-order chi connectivity index (χ0) is 43.7. The van der Waals surface area contributed by atoms with Crippen LogP contribution in [0.5, 0.6) is 0 Å². The number of allylic oxidation sites excluding steroid dienone is 6. The van der Waals surface area contributed by atoms with Gasteiger partial charge in [-0.1, -0.05) is 211 Å². The fourth-order valence-corrected chi connectivity index (χ4v) is 7.41. The number of rotatable bonds is 47. The van der Waals surface area contributed by atoms with Crippen molar-refractivity contribution in [3.8, 4) is 0 Å². The van der Waals surface area contributed by atoms with E-state index >= 15 is 0 Å². The van der Waals surface area contributed by atoms with E-state index in [4.69, 9.17) is 14.2 Å². The van der Waals surface area contributed by atoms with Gasteiger partial charge in [-0.2, -0.15) is 0 Å². The first-order valence-electron chi connectivity index (χ1n) is 26.0. The number of esters is 3. The van der Waals surface area contributed by atoms with Crippen molar-refractivity contribution in [1.29, 1.82) is 0 Å². The largest absolute Gasteiger partial charge is 0.462 e. The molecule has 0 radical (unpaired) electrons. The molecule has 1 atom stereocenters. The first-order valence-corrected chi connectivity index (χ1v) is 26.0. The van der Waals surface area contributed by atoms with Crippen LogP contribution in [0, 0.1) is 0 Å². The third-order valence-corrected chi connectivity index (χ3v) is 11.4. The Kier molecular flexibility index (Phi) is 47.3. The second-order valence-electron chi connectivity index (χ2n) is 17.4. The number of hydrogen-bond donors (Lipinski definition) is 0. The molecular formula is C54H98O6. The maximum absolute atomic E-state index is 12.8. The highest BCUT2D eigenvalue weighted by Crippen LogP contribution is 2.15. The molecule has 1 unspecified atom stereocenters. The zero-order valence-electron chi connectivity index (χ0n) is 40.0. The van der Waals surface area contributed by atoms with Crippen LogP contribution in [0.4, 0.5) is 0 Å². The molecule has 350 valence electrons. The average Bonchev–Trinajstić information content (AvgIpc) is 3.24. The van der Waals surface area contributed by atoms with Crippen LogP contribution in [-0.4, -0.2) is 37.2 Å². The van der Waals surface area contributed by atoms with Gasteiger partial charge < -0.3 is 14.2 Å². The minimum absolute atomic E-state index is 0.0753. The summed E-state index contributed by atoms with van der Waals surface area (Å²) in [5, 5.41) is 0. The van der Waals surface area contributed by atoms with Crippen molar-refractivity contribution in [1.82, 2.24) is 0 Å². The minimum atomic E-state index is -0.775. The third-order valence-electron chi connectivity index (χ3n) is 11.4. The molecule has 60 heavy (non-hydrogen) atoms. The summed E-state index contributed by atoms with van der Waals surface area (Å²) < 4.78 is 16.8. The fourth-order valence-electron chi connectivity index (χ4n) is 7.41. The first kappa shape index (κ1) is 57.6. The molecule has 0 heterocycles. The summed E-state index contributed by atoms with van der Waals surface area (Å²) in [4.78, 5) is 37.9. The highest BCUT2D eigenvalue weighted by atomic mass is 16.6. The highest BCUT2D eigenvalue weighted by Gasteiger charge is 2.19. The highest BCUT2D eigenvalue weighted by molar-refractivity contribution is 5.71. The Labute approximate surface area is 372 Å². The molecule has 0 aromatic heterocycles. The van der Waals surface area contributed by atoms with Crippen LogP contribution < -0.4 is 0 Å². The molecule has 0 saturated carbocycles. The quantitative estimate of drug-likeness (QED) is 0.0263. The standard InChI is InChI=1S/C54H98O6/c1-4-7-10-13-16-19-22-24-26-27-28-30-32-35-38-41-44-47-53(56)59-50-51(49-58-52(55)46-43-40-37-34-31-21-18-15-12-9-6-3)60-54(57)48-45-42-39-36-33-29-25-23-20-17-14-11-8-5-2/h16,19,23-26,51H,4-15,17-18,20-22,27-50H2,1-3H3/b19-16-,25-23-,26-24-. The maximum atomic E-state index is 12.8. The van der Waals surface area contributed by atoms with Crippen molar-refractivity contribution in [2.24, 2.45) is 0 Å². The zero-order valence-corrected chi connectivity index (χ0v) is 40.0. The van der Waals surface area contributed by atoms with Crippen LogP contribution in [0.15, 0.2) is 36.5 Å². The summed E-state index contributed by atoms with van der Waals surface area (Å²) in [6.07, 6.45) is 56.9. The normalized spacial score (nSPS) is 12.2. The molecule has 0 saturated heterocycles. The Morgan fingerprint density at radius 1 is 0.333 bits per heavy atom. The van der Waals surface area contributed by atoms with Crippen molar-refractivity contribution in [3.05, 3.63) is 36.5 Å². The number of ether oxygens (including phenoxy) is 3. The molecule has 0 amide bonds. The second-order valence-corrected chi connectivity index (χ2v) is 17.4. The summed E-state index contributed by atoms with van der Waals surface area (Å²) in [5.41, 5.74) is 0. The predicted molar refractivity (Wildman–Crippen MR) is 256 cm³/mol. The number of carbonyl (C=O) groups excluding carboxylic acids is 3. The van der Waals surface area contributed by atoms with Gasteiger partial charge >= 0.3 is 17.9 Å². The van der Waals surface area contributed by atoms with Crippen LogP contribution in [-0.2, 0) is 28.6 Å². The molecule has 0 aliphatic rings. The Morgan fingerprint density at radius 2 is 0.600 bits per heavy atom. The van der Waals surface area contributed by atoms with Crippen molar-refractivity contribution in [3.63, 3.8) is 0 Å². The molecule has 6 heteroatoms. The van der Waals surface area contributed by atoms with E-state index in [9.17, 15) is 14.4 Å². The van der Waals surface area contributed by atoms with E-state index in [2.05, 4.69) is 57.2 Å². The van der Waals surface area contributed by atoms with Crippen LogP contribution >= 0.6 is 0 Å². The lowest BCUT2D eigenvalue weighted by atomic mass is 10.1. The van der Waals surface area contributed by atoms with Crippen LogP contribution in [0.1, 0.15) is 271 Å². The average molecular weight is 843 g/mol. The molecule has 0 spiro atoms. The van der Waals surface area contributed by atoms with Gasteiger partial charge in [0.1, 0.15) is 13.2 Å². The molecule has 0 aromatic rings. The molecule has 0 N–H and O–H groups in total. The Balaban J connectivity index is 4.36. The first-order chi connectivity index (χ1) is 29.5. The summed E-state index contributed by atoms with van der Waals surface area (Å²) in [6.45, 7) is 6.60. The summed E-state index contributed by atoms with van der Waals surface area (Å²) in [5.74, 6) is -0.883. The van der Waals surface area contributed by atoms with Gasteiger partial charge in [-0.25, -0.2) is 0 Å². The Morgan fingerprint density at radius 3 is 0.967 bits per heavy atom. The number of unbranched alkanes of at least 4 members (excludes halogenated alkanes) is 30. The van der Waals surface area contributed by atoms with Crippen LogP contribution in [0.25, 0.3) is 0 Å². The lowest BCUT2D eigenvalue weighted by Crippen LogP contribution is -2.30. The van der Waals surface area contributed by atoms with E-state index in [0.717, 1.165) is 77.0 Å². The van der Waals surface area contributed by atoms with E-state index in [1.807, 2.05) is 0 Å². The summed E-state index contributed by atoms with van der Waals surface area (Å²) in [6, 6.07) is 0. The van der Waals surface area contributed by atoms with Gasteiger partial charge in [0.25, 0.3) is 0 Å². The van der Waals surface area contributed by atoms with Crippen molar-refractivity contribution in [2.75, 3.05) is 13.2 Å². The molecule has 0 aliphatic carbocycles. The molecular weight excluding hydrogens is 745 g/mol. The Hall–Kier alpha value is -2.37. The molecule has 0 rings (SSSR count). The third kappa shape index (κ3) is 46.7. The maximum Gasteiger partial charge on any atom is 0.306 e. The van der Waals surface area contributed by atoms with Gasteiger partial charge in [0.05, 0.1) is 0 Å². The van der Waals surface area contributed by atoms with E-state index in [1.165, 1.54) is 154 Å². The van der Waals surface area contributed by atoms with Gasteiger partial charge in [0.2, 0.25) is 0 Å². The lowest BCUT2D eigenvalue weighted by Gasteiger charge is -2.18. The Bertz CT molecular complexity index is 1020. The SMILES string of the molecule is CCCCC/C=C\C/C=C\CCCCCCCCCC(=O)OCC(COC(=O)CCCCCCCCCCCCC)OC(=O)CCCCCCC/C=C\CCCCCCC. The van der Waals surface area contributed by atoms with Crippen molar-refractivity contribution in [2.45, 2.75) is 277 Å². The van der Waals surface area contributed by atoms with Gasteiger partial charge in [0.15, 0.2) is 6.10 Å². The molecule has 6 nitrogen and oxygen atoms in total. The van der Waals surface area contributed by atoms with Gasteiger partial charge in [-0.05, 0) is 77.0 Å². The summed E-state index contributed by atoms with van der Waals surface area (Å²) >= 11 is 0. The van der Waals surface area contributed by atoms with E-state index < -0.39 is 6.10 Å². The summed E-state index contributed by atoms with van der Waals surface area (Å²) in [7, 11) is 0. The number of hydrogen-bond acceptors (Lipinski definition) is 6. The van der Waals surface area contributed by atoms with E-state index in [1.54, 1.807) is 0 Å². The predicted octanol–water partition coefficient (Wildman–Crippen LogP) is 16.9.